The molecule has 4 nitrogen and oxygen atoms in total. The van der Waals surface area contributed by atoms with Gasteiger partial charge in [-0.3, -0.25) is 4.79 Å². The van der Waals surface area contributed by atoms with Crippen LogP contribution >= 0.6 is 0 Å². The molecule has 1 aliphatic rings. The molecule has 1 aliphatic heterocycles. The number of unbranched alkanes of at least 4 members (excludes halogenated alkanes) is 5. The molecule has 1 heterocycles. The number of hydrogen-bond acceptors (Lipinski definition) is 3. The predicted molar refractivity (Wildman–Crippen MR) is 73.6 cm³/mol. The number of carbonyl (C=O) groups is 1. The maximum Gasteiger partial charge on any atom is 0.220 e. The van der Waals surface area contributed by atoms with Crippen LogP contribution in [-0.4, -0.2) is 38.3 Å². The first-order valence-corrected chi connectivity index (χ1v) is 7.30. The summed E-state index contributed by atoms with van der Waals surface area (Å²) in [6.45, 7) is 3.87. The average molecular weight is 256 g/mol. The molecule has 1 saturated heterocycles. The highest BCUT2D eigenvalue weighted by atomic mass is 16.5. The Morgan fingerprint density at radius 3 is 2.67 bits per heavy atom. The molecule has 0 saturated carbocycles. The summed E-state index contributed by atoms with van der Waals surface area (Å²) in [5.74, 6) is 0.168. The van der Waals surface area contributed by atoms with Gasteiger partial charge in [-0.25, -0.2) is 0 Å². The van der Waals surface area contributed by atoms with Crippen molar-refractivity contribution in [2.45, 2.75) is 64.0 Å². The van der Waals surface area contributed by atoms with E-state index in [4.69, 9.17) is 4.74 Å². The lowest BCUT2D eigenvalue weighted by atomic mass is 10.1. The lowest BCUT2D eigenvalue weighted by Gasteiger charge is -2.18. The number of ether oxygens (including phenoxy) is 1. The monoisotopic (exact) mass is 256 g/mol. The van der Waals surface area contributed by atoms with Crippen LogP contribution in [0.5, 0.6) is 0 Å². The molecule has 18 heavy (non-hydrogen) atoms. The Kier molecular flexibility index (Phi) is 8.01. The zero-order valence-corrected chi connectivity index (χ0v) is 11.8. The Morgan fingerprint density at radius 1 is 1.22 bits per heavy atom. The molecule has 0 spiro atoms. The third-order valence-corrected chi connectivity index (χ3v) is 3.57. The van der Waals surface area contributed by atoms with Gasteiger partial charge in [-0.1, -0.05) is 39.0 Å². The van der Waals surface area contributed by atoms with Crippen molar-refractivity contribution < 1.29 is 9.53 Å². The molecule has 0 aliphatic carbocycles. The summed E-state index contributed by atoms with van der Waals surface area (Å²) in [6.07, 6.45) is 8.10. The van der Waals surface area contributed by atoms with Crippen LogP contribution in [0.1, 0.15) is 51.9 Å². The second-order valence-electron chi connectivity index (χ2n) is 5.12. The molecule has 2 N–H and O–H groups in total. The minimum atomic E-state index is 0.124. The van der Waals surface area contributed by atoms with Gasteiger partial charge < -0.3 is 15.4 Å². The van der Waals surface area contributed by atoms with E-state index in [0.29, 0.717) is 6.42 Å². The van der Waals surface area contributed by atoms with E-state index in [1.165, 1.54) is 32.1 Å². The molecule has 106 valence electrons. The van der Waals surface area contributed by atoms with Crippen LogP contribution in [0.2, 0.25) is 0 Å². The van der Waals surface area contributed by atoms with E-state index in [1.54, 1.807) is 7.11 Å². The van der Waals surface area contributed by atoms with Gasteiger partial charge in [0.25, 0.3) is 0 Å². The maximum absolute atomic E-state index is 11.8. The quantitative estimate of drug-likeness (QED) is 0.619. The van der Waals surface area contributed by atoms with Crippen LogP contribution in [0.25, 0.3) is 0 Å². The molecule has 2 atom stereocenters. The molecule has 4 heteroatoms. The minimum Gasteiger partial charge on any atom is -0.378 e. The van der Waals surface area contributed by atoms with E-state index in [1.807, 2.05) is 0 Å². The van der Waals surface area contributed by atoms with E-state index >= 15 is 0 Å². The summed E-state index contributed by atoms with van der Waals surface area (Å²) in [4.78, 5) is 11.8. The Bertz CT molecular complexity index is 234. The third-order valence-electron chi connectivity index (χ3n) is 3.57. The van der Waals surface area contributed by atoms with E-state index in [2.05, 4.69) is 17.6 Å². The molecular formula is C14H28N2O2. The van der Waals surface area contributed by atoms with Gasteiger partial charge in [0.05, 0.1) is 12.1 Å². The van der Waals surface area contributed by atoms with Gasteiger partial charge in [-0.15, -0.1) is 0 Å². The first-order valence-electron chi connectivity index (χ1n) is 7.30. The second-order valence-corrected chi connectivity index (χ2v) is 5.12. The van der Waals surface area contributed by atoms with Crippen molar-refractivity contribution in [1.82, 2.24) is 10.6 Å². The van der Waals surface area contributed by atoms with Gasteiger partial charge in [-0.05, 0) is 6.42 Å². The van der Waals surface area contributed by atoms with Crippen LogP contribution in [-0.2, 0) is 9.53 Å². The summed E-state index contributed by atoms with van der Waals surface area (Å²) in [7, 11) is 1.70. The van der Waals surface area contributed by atoms with E-state index < -0.39 is 0 Å². The second kappa shape index (κ2) is 9.34. The molecule has 0 aromatic heterocycles. The Labute approximate surface area is 111 Å². The van der Waals surface area contributed by atoms with Crippen LogP contribution in [0.3, 0.4) is 0 Å². The number of rotatable bonds is 9. The fraction of sp³-hybridized carbons (Fsp3) is 0.929. The molecule has 0 aromatic rings. The van der Waals surface area contributed by atoms with E-state index in [0.717, 1.165) is 19.5 Å². The zero-order valence-electron chi connectivity index (χ0n) is 11.8. The number of carbonyl (C=O) groups excluding carboxylic acids is 1. The fourth-order valence-corrected chi connectivity index (χ4v) is 2.39. The number of nitrogens with one attached hydrogen (secondary N) is 2. The number of methoxy groups -OCH3 is 1. The van der Waals surface area contributed by atoms with Gasteiger partial charge >= 0.3 is 0 Å². The molecule has 0 bridgehead atoms. The zero-order chi connectivity index (χ0) is 13.2. The van der Waals surface area contributed by atoms with Crippen LogP contribution in [0, 0.1) is 0 Å². The van der Waals surface area contributed by atoms with Gasteiger partial charge in [0.2, 0.25) is 5.91 Å². The topological polar surface area (TPSA) is 50.4 Å². The molecule has 1 rings (SSSR count). The average Bonchev–Trinajstić information content (AvgIpc) is 2.80. The molecular weight excluding hydrogens is 228 g/mol. The third kappa shape index (κ3) is 5.83. The molecule has 1 fully saturated rings. The van der Waals surface area contributed by atoms with Gasteiger partial charge in [0, 0.05) is 26.6 Å². The van der Waals surface area contributed by atoms with Crippen LogP contribution < -0.4 is 10.6 Å². The summed E-state index contributed by atoms with van der Waals surface area (Å²) in [5.41, 5.74) is 0. The Hall–Kier alpha value is -0.610. The maximum atomic E-state index is 11.8. The van der Waals surface area contributed by atoms with Crippen LogP contribution in [0.15, 0.2) is 0 Å². The van der Waals surface area contributed by atoms with E-state index in [9.17, 15) is 4.79 Å². The highest BCUT2D eigenvalue weighted by molar-refractivity contribution is 5.76. The predicted octanol–water partition coefficient (Wildman–Crippen LogP) is 1.84. The van der Waals surface area contributed by atoms with E-state index in [-0.39, 0.29) is 18.1 Å². The van der Waals surface area contributed by atoms with Gasteiger partial charge in [0.1, 0.15) is 0 Å². The minimum absolute atomic E-state index is 0.124. The highest BCUT2D eigenvalue weighted by Crippen LogP contribution is 2.08. The smallest absolute Gasteiger partial charge is 0.220 e. The van der Waals surface area contributed by atoms with Crippen LogP contribution in [0.4, 0.5) is 0 Å². The number of hydrogen-bond donors (Lipinski definition) is 2. The SMILES string of the molecule is CCCCCCCCC(=O)NC1CNC[C@@H]1OC. The normalized spacial score (nSPS) is 23.2. The molecule has 0 radical (unpaired) electrons. The first-order chi connectivity index (χ1) is 8.77. The summed E-state index contributed by atoms with van der Waals surface area (Å²) in [6, 6.07) is 0.141. The van der Waals surface area contributed by atoms with Crippen molar-refractivity contribution in [1.29, 1.82) is 0 Å². The van der Waals surface area contributed by atoms with Crippen molar-refractivity contribution >= 4 is 5.91 Å². The Morgan fingerprint density at radius 2 is 1.94 bits per heavy atom. The molecule has 0 aromatic carbocycles. The van der Waals surface area contributed by atoms with Gasteiger partial charge in [-0.2, -0.15) is 0 Å². The first kappa shape index (κ1) is 15.4. The van der Waals surface area contributed by atoms with Crippen molar-refractivity contribution in [2.75, 3.05) is 20.2 Å². The fourth-order valence-electron chi connectivity index (χ4n) is 2.39. The largest absolute Gasteiger partial charge is 0.378 e. The van der Waals surface area contributed by atoms with Crippen molar-refractivity contribution in [3.05, 3.63) is 0 Å². The van der Waals surface area contributed by atoms with Crippen molar-refractivity contribution in [2.24, 2.45) is 0 Å². The molecule has 1 unspecified atom stereocenters. The summed E-state index contributed by atoms with van der Waals surface area (Å²) < 4.78 is 5.32. The highest BCUT2D eigenvalue weighted by Gasteiger charge is 2.27. The van der Waals surface area contributed by atoms with Gasteiger partial charge in [0.15, 0.2) is 0 Å². The Balaban J connectivity index is 2.03. The lowest BCUT2D eigenvalue weighted by molar-refractivity contribution is -0.122. The number of amides is 1. The molecule has 1 amide bonds. The van der Waals surface area contributed by atoms with Crippen molar-refractivity contribution in [3.63, 3.8) is 0 Å². The lowest BCUT2D eigenvalue weighted by Crippen LogP contribution is -2.43. The summed E-state index contributed by atoms with van der Waals surface area (Å²) in [5, 5.41) is 6.28. The standard InChI is InChI=1S/C14H28N2O2/c1-3-4-5-6-7-8-9-14(17)16-12-10-15-11-13(12)18-2/h12-13,15H,3-11H2,1-2H3,(H,16,17)/t12?,13-/m0/s1. The van der Waals surface area contributed by atoms with Crippen molar-refractivity contribution in [3.8, 4) is 0 Å². The summed E-state index contributed by atoms with van der Waals surface area (Å²) >= 11 is 0.